The lowest BCUT2D eigenvalue weighted by Crippen LogP contribution is -2.45. The highest BCUT2D eigenvalue weighted by atomic mass is 16.2. The molecular formula is C18H27N3O2. The first-order chi connectivity index (χ1) is 11.3. The van der Waals surface area contributed by atoms with Crippen molar-refractivity contribution >= 4 is 5.78 Å². The predicted octanol–water partition coefficient (Wildman–Crippen LogP) is 1.02. The lowest BCUT2D eigenvalue weighted by molar-refractivity contribution is 0.104. The highest BCUT2D eigenvalue weighted by Crippen LogP contribution is 2.06. The number of nitrogens with one attached hydrogen (secondary N) is 2. The van der Waals surface area contributed by atoms with Crippen molar-refractivity contribution in [3.63, 3.8) is 0 Å². The van der Waals surface area contributed by atoms with E-state index in [1.165, 1.54) is 0 Å². The number of hydrogen-bond acceptors (Lipinski definition) is 5. The monoisotopic (exact) mass is 317 g/mol. The summed E-state index contributed by atoms with van der Waals surface area (Å²) >= 11 is 0. The molecule has 2 rings (SSSR count). The molecule has 0 unspecified atom stereocenters. The lowest BCUT2D eigenvalue weighted by atomic mass is 10.1. The fraction of sp³-hybridized carbons (Fsp3) is 0.500. The van der Waals surface area contributed by atoms with E-state index in [1.807, 2.05) is 30.3 Å². The maximum atomic E-state index is 12.3. The van der Waals surface area contributed by atoms with Gasteiger partial charge in [0, 0.05) is 63.2 Å². The van der Waals surface area contributed by atoms with Gasteiger partial charge in [0.1, 0.15) is 0 Å². The van der Waals surface area contributed by atoms with Crippen LogP contribution in [0.1, 0.15) is 23.2 Å². The van der Waals surface area contributed by atoms with Gasteiger partial charge in [-0.1, -0.05) is 30.3 Å². The molecule has 23 heavy (non-hydrogen) atoms. The van der Waals surface area contributed by atoms with E-state index in [0.717, 1.165) is 45.0 Å². The van der Waals surface area contributed by atoms with Crippen LogP contribution < -0.4 is 10.6 Å². The molecule has 0 aromatic heterocycles. The quantitative estimate of drug-likeness (QED) is 0.469. The fourth-order valence-corrected chi connectivity index (χ4v) is 2.63. The minimum Gasteiger partial charge on any atom is -0.396 e. The summed E-state index contributed by atoms with van der Waals surface area (Å²) in [6.07, 6.45) is 3.02. The summed E-state index contributed by atoms with van der Waals surface area (Å²) in [5.41, 5.74) is 1.60. The summed E-state index contributed by atoms with van der Waals surface area (Å²) in [7, 11) is 0. The minimum absolute atomic E-state index is 0.00760. The van der Waals surface area contributed by atoms with E-state index in [2.05, 4.69) is 15.5 Å². The van der Waals surface area contributed by atoms with Crippen LogP contribution in [0.3, 0.4) is 0 Å². The summed E-state index contributed by atoms with van der Waals surface area (Å²) in [6, 6.07) is 9.28. The van der Waals surface area contributed by atoms with Crippen LogP contribution in [0, 0.1) is 0 Å². The van der Waals surface area contributed by atoms with Crippen LogP contribution in [0.25, 0.3) is 0 Å². The Kier molecular flexibility index (Phi) is 7.80. The molecule has 1 aromatic carbocycles. The molecule has 0 bridgehead atoms. The zero-order valence-corrected chi connectivity index (χ0v) is 13.6. The van der Waals surface area contributed by atoms with Crippen molar-refractivity contribution in [1.82, 2.24) is 15.5 Å². The van der Waals surface area contributed by atoms with Crippen molar-refractivity contribution < 1.29 is 9.90 Å². The number of allylic oxidation sites excluding steroid dienone is 2. The van der Waals surface area contributed by atoms with E-state index < -0.39 is 0 Å². The summed E-state index contributed by atoms with van der Waals surface area (Å²) in [5, 5.41) is 15.8. The standard InChI is InChI=1S/C18H27N3O2/c22-14-4-7-17(15-18(23)16-5-2-1-3-6-16)20-10-13-21-11-8-19-9-12-21/h1-3,5-6,15,19-20,22H,4,7-14H2/b17-15+. The largest absolute Gasteiger partial charge is 0.396 e. The van der Waals surface area contributed by atoms with Gasteiger partial charge in [-0.3, -0.25) is 9.69 Å². The van der Waals surface area contributed by atoms with Crippen LogP contribution in [-0.2, 0) is 0 Å². The number of ketones is 1. The Morgan fingerprint density at radius 1 is 1.26 bits per heavy atom. The van der Waals surface area contributed by atoms with Gasteiger partial charge in [0.15, 0.2) is 5.78 Å². The molecular weight excluding hydrogens is 290 g/mol. The topological polar surface area (TPSA) is 64.6 Å². The van der Waals surface area contributed by atoms with Gasteiger partial charge in [-0.05, 0) is 12.8 Å². The van der Waals surface area contributed by atoms with E-state index in [0.29, 0.717) is 18.4 Å². The molecule has 5 heteroatoms. The van der Waals surface area contributed by atoms with Crippen molar-refractivity contribution in [2.75, 3.05) is 45.9 Å². The second-order valence-corrected chi connectivity index (χ2v) is 5.75. The normalized spacial score (nSPS) is 16.3. The SMILES string of the molecule is O=C(/C=C(\CCCO)NCCN1CCNCC1)c1ccccc1. The maximum absolute atomic E-state index is 12.3. The number of carbonyl (C=O) groups excluding carboxylic acids is 1. The molecule has 0 amide bonds. The van der Waals surface area contributed by atoms with E-state index in [4.69, 9.17) is 5.11 Å². The Morgan fingerprint density at radius 2 is 2.00 bits per heavy atom. The molecule has 1 aliphatic heterocycles. The minimum atomic E-state index is 0.00760. The number of hydrogen-bond donors (Lipinski definition) is 3. The second kappa shape index (κ2) is 10.2. The zero-order chi connectivity index (χ0) is 16.3. The Balaban J connectivity index is 1.87. The first-order valence-corrected chi connectivity index (χ1v) is 8.37. The van der Waals surface area contributed by atoms with Crippen LogP contribution in [0.4, 0.5) is 0 Å². The molecule has 0 atom stereocenters. The lowest BCUT2D eigenvalue weighted by Gasteiger charge is -2.27. The third kappa shape index (κ3) is 6.52. The number of nitrogens with zero attached hydrogens (tertiary/aromatic N) is 1. The average Bonchev–Trinajstić information content (AvgIpc) is 2.61. The van der Waals surface area contributed by atoms with Crippen molar-refractivity contribution in [3.05, 3.63) is 47.7 Å². The van der Waals surface area contributed by atoms with E-state index in [1.54, 1.807) is 6.08 Å². The van der Waals surface area contributed by atoms with Gasteiger partial charge < -0.3 is 15.7 Å². The third-order valence-electron chi connectivity index (χ3n) is 3.96. The van der Waals surface area contributed by atoms with Gasteiger partial charge >= 0.3 is 0 Å². The number of aliphatic hydroxyl groups excluding tert-OH is 1. The van der Waals surface area contributed by atoms with Gasteiger partial charge in [-0.25, -0.2) is 0 Å². The molecule has 1 fully saturated rings. The molecule has 126 valence electrons. The van der Waals surface area contributed by atoms with Gasteiger partial charge in [0.2, 0.25) is 0 Å². The van der Waals surface area contributed by atoms with Crippen molar-refractivity contribution in [1.29, 1.82) is 0 Å². The molecule has 0 saturated carbocycles. The van der Waals surface area contributed by atoms with Crippen molar-refractivity contribution in [2.24, 2.45) is 0 Å². The summed E-state index contributed by atoms with van der Waals surface area (Å²) < 4.78 is 0. The summed E-state index contributed by atoms with van der Waals surface area (Å²) in [5.74, 6) is 0.00760. The molecule has 1 heterocycles. The number of aliphatic hydroxyl groups is 1. The predicted molar refractivity (Wildman–Crippen MR) is 92.5 cm³/mol. The smallest absolute Gasteiger partial charge is 0.187 e. The molecule has 1 aromatic rings. The van der Waals surface area contributed by atoms with E-state index >= 15 is 0 Å². The van der Waals surface area contributed by atoms with Gasteiger partial charge in [0.05, 0.1) is 0 Å². The zero-order valence-electron chi connectivity index (χ0n) is 13.6. The Bertz CT molecular complexity index is 496. The van der Waals surface area contributed by atoms with E-state index in [9.17, 15) is 4.79 Å². The number of benzene rings is 1. The Morgan fingerprint density at radius 3 is 2.70 bits per heavy atom. The Labute approximate surface area is 138 Å². The number of piperazine rings is 1. The molecule has 0 spiro atoms. The number of carbonyl (C=O) groups is 1. The molecule has 0 aliphatic carbocycles. The van der Waals surface area contributed by atoms with Crippen LogP contribution in [-0.4, -0.2) is 61.7 Å². The molecule has 1 saturated heterocycles. The van der Waals surface area contributed by atoms with Crippen molar-refractivity contribution in [2.45, 2.75) is 12.8 Å². The Hall–Kier alpha value is -1.69. The first kappa shape index (κ1) is 17.7. The van der Waals surface area contributed by atoms with E-state index in [-0.39, 0.29) is 12.4 Å². The van der Waals surface area contributed by atoms with Crippen LogP contribution >= 0.6 is 0 Å². The second-order valence-electron chi connectivity index (χ2n) is 5.75. The van der Waals surface area contributed by atoms with Crippen LogP contribution in [0.5, 0.6) is 0 Å². The highest BCUT2D eigenvalue weighted by molar-refractivity contribution is 6.04. The van der Waals surface area contributed by atoms with Gasteiger partial charge in [0.25, 0.3) is 0 Å². The maximum Gasteiger partial charge on any atom is 0.187 e. The first-order valence-electron chi connectivity index (χ1n) is 8.37. The fourth-order valence-electron chi connectivity index (χ4n) is 2.63. The van der Waals surface area contributed by atoms with Gasteiger partial charge in [-0.15, -0.1) is 0 Å². The molecule has 0 radical (unpaired) electrons. The van der Waals surface area contributed by atoms with Crippen LogP contribution in [0.15, 0.2) is 42.1 Å². The summed E-state index contributed by atoms with van der Waals surface area (Å²) in [6.45, 7) is 6.15. The molecule has 3 N–H and O–H groups in total. The molecule has 1 aliphatic rings. The summed E-state index contributed by atoms with van der Waals surface area (Å²) in [4.78, 5) is 14.7. The van der Waals surface area contributed by atoms with Crippen molar-refractivity contribution in [3.8, 4) is 0 Å². The highest BCUT2D eigenvalue weighted by Gasteiger charge is 2.09. The molecule has 5 nitrogen and oxygen atoms in total. The third-order valence-corrected chi connectivity index (χ3v) is 3.96. The average molecular weight is 317 g/mol. The number of rotatable bonds is 9. The van der Waals surface area contributed by atoms with Crippen LogP contribution in [0.2, 0.25) is 0 Å². The van der Waals surface area contributed by atoms with Gasteiger partial charge in [-0.2, -0.15) is 0 Å².